The number of benzene rings is 7. The van der Waals surface area contributed by atoms with Crippen LogP contribution in [0.25, 0.3) is 49.7 Å². The van der Waals surface area contributed by atoms with Crippen molar-refractivity contribution in [3.63, 3.8) is 0 Å². The van der Waals surface area contributed by atoms with Crippen molar-refractivity contribution in [1.82, 2.24) is 4.57 Å². The Hall–Kier alpha value is -6.38. The molecule has 0 N–H and O–H groups in total. The van der Waals surface area contributed by atoms with E-state index in [2.05, 4.69) is 212 Å². The van der Waals surface area contributed by atoms with Gasteiger partial charge in [0, 0.05) is 44.9 Å². The lowest BCUT2D eigenvalue weighted by Gasteiger charge is -2.33. The molecule has 1 aromatic heterocycles. The van der Waals surface area contributed by atoms with Crippen molar-refractivity contribution in [3.8, 4) is 27.9 Å². The number of anilines is 2. The normalized spacial score (nSPS) is 15.5. The molecule has 8 aromatic rings. The zero-order valence-corrected chi connectivity index (χ0v) is 31.7. The SMILES string of the molecule is CC1CC=CC=C1N(c1ccc(-c2ccc3c(c2)c2ccccc2n3-c2ccc(Cc3ccccc3)cc2)cc1)c1ccc2c(c1)C(C)(C)c1ccccc1-2. The number of hydrogen-bond acceptors (Lipinski definition) is 1. The first-order valence-corrected chi connectivity index (χ1v) is 19.6. The summed E-state index contributed by atoms with van der Waals surface area (Å²) < 4.78 is 2.41. The molecule has 0 radical (unpaired) electrons. The molecule has 2 aliphatic carbocycles. The van der Waals surface area contributed by atoms with Gasteiger partial charge in [-0.25, -0.2) is 0 Å². The summed E-state index contributed by atoms with van der Waals surface area (Å²) in [5.74, 6) is 0.405. The molecule has 7 aromatic carbocycles. The molecule has 10 rings (SSSR count). The summed E-state index contributed by atoms with van der Waals surface area (Å²) in [6, 6.07) is 60.7. The predicted octanol–water partition coefficient (Wildman–Crippen LogP) is 14.0. The highest BCUT2D eigenvalue weighted by atomic mass is 15.2. The van der Waals surface area contributed by atoms with Crippen molar-refractivity contribution in [2.45, 2.75) is 39.0 Å². The third-order valence-corrected chi connectivity index (χ3v) is 12.1. The van der Waals surface area contributed by atoms with Gasteiger partial charge in [-0.05, 0) is 118 Å². The minimum atomic E-state index is -0.0580. The predicted molar refractivity (Wildman–Crippen MR) is 233 cm³/mol. The van der Waals surface area contributed by atoms with Crippen LogP contribution >= 0.6 is 0 Å². The summed E-state index contributed by atoms with van der Waals surface area (Å²) in [6.45, 7) is 7.07. The Labute approximate surface area is 324 Å². The van der Waals surface area contributed by atoms with Gasteiger partial charge in [0.25, 0.3) is 0 Å². The van der Waals surface area contributed by atoms with E-state index in [-0.39, 0.29) is 5.41 Å². The van der Waals surface area contributed by atoms with Crippen molar-refractivity contribution >= 4 is 33.2 Å². The summed E-state index contributed by atoms with van der Waals surface area (Å²) in [5.41, 5.74) is 17.9. The monoisotopic (exact) mass is 708 g/mol. The first-order chi connectivity index (χ1) is 26.9. The molecule has 1 heterocycles. The maximum Gasteiger partial charge on any atom is 0.0541 e. The highest BCUT2D eigenvalue weighted by molar-refractivity contribution is 6.10. The van der Waals surface area contributed by atoms with Crippen molar-refractivity contribution in [1.29, 1.82) is 0 Å². The molecule has 1 unspecified atom stereocenters. The Kier molecular flexibility index (Phi) is 7.96. The smallest absolute Gasteiger partial charge is 0.0541 e. The molecule has 0 saturated carbocycles. The molecule has 0 bridgehead atoms. The Balaban J connectivity index is 1.01. The standard InChI is InChI=1S/C53H44N2/c1-36-13-7-11-19-50(36)54(43-30-31-45-44-16-8-10-18-48(44)53(2,3)49(45)35-43)41-28-23-39(24-29-41)40-25-32-52-47(34-40)46-17-9-12-20-51(46)55(52)42-26-21-38(22-27-42)33-37-14-5-4-6-15-37/h4-12,14-32,34-36H,13,33H2,1-3H3. The van der Waals surface area contributed by atoms with Gasteiger partial charge < -0.3 is 9.47 Å². The first-order valence-electron chi connectivity index (χ1n) is 19.6. The van der Waals surface area contributed by atoms with Crippen molar-refractivity contribution in [2.75, 3.05) is 4.90 Å². The third kappa shape index (κ3) is 5.63. The van der Waals surface area contributed by atoms with E-state index in [1.54, 1.807) is 0 Å². The van der Waals surface area contributed by atoms with Gasteiger partial charge in [0.1, 0.15) is 0 Å². The van der Waals surface area contributed by atoms with Gasteiger partial charge >= 0.3 is 0 Å². The minimum Gasteiger partial charge on any atom is -0.314 e. The van der Waals surface area contributed by atoms with E-state index >= 15 is 0 Å². The minimum absolute atomic E-state index is 0.0580. The average Bonchev–Trinajstić information content (AvgIpc) is 3.67. The fourth-order valence-corrected chi connectivity index (χ4v) is 9.14. The summed E-state index contributed by atoms with van der Waals surface area (Å²) in [5, 5.41) is 2.53. The largest absolute Gasteiger partial charge is 0.314 e. The third-order valence-electron chi connectivity index (χ3n) is 12.1. The highest BCUT2D eigenvalue weighted by Crippen LogP contribution is 2.50. The molecule has 55 heavy (non-hydrogen) atoms. The Morgan fingerprint density at radius 3 is 2.07 bits per heavy atom. The maximum atomic E-state index is 2.49. The number of nitrogens with zero attached hydrogens (tertiary/aromatic N) is 2. The van der Waals surface area contributed by atoms with Gasteiger partial charge in [-0.2, -0.15) is 0 Å². The van der Waals surface area contributed by atoms with Gasteiger partial charge in [-0.15, -0.1) is 0 Å². The van der Waals surface area contributed by atoms with Crippen molar-refractivity contribution < 1.29 is 0 Å². The van der Waals surface area contributed by atoms with Crippen LogP contribution in [0.3, 0.4) is 0 Å². The summed E-state index contributed by atoms with van der Waals surface area (Å²) in [6.07, 6.45) is 8.77. The van der Waals surface area contributed by atoms with E-state index in [0.717, 1.165) is 12.8 Å². The van der Waals surface area contributed by atoms with E-state index in [9.17, 15) is 0 Å². The quantitative estimate of drug-likeness (QED) is 0.160. The summed E-state index contributed by atoms with van der Waals surface area (Å²) in [4.78, 5) is 2.49. The van der Waals surface area contributed by atoms with E-state index < -0.39 is 0 Å². The maximum absolute atomic E-state index is 2.49. The van der Waals surface area contributed by atoms with Crippen LogP contribution in [0, 0.1) is 5.92 Å². The van der Waals surface area contributed by atoms with Crippen molar-refractivity contribution in [2.24, 2.45) is 5.92 Å². The van der Waals surface area contributed by atoms with Gasteiger partial charge in [0.15, 0.2) is 0 Å². The lowest BCUT2D eigenvalue weighted by molar-refractivity contribution is 0.657. The Morgan fingerprint density at radius 2 is 1.25 bits per heavy atom. The zero-order valence-electron chi connectivity index (χ0n) is 31.7. The number of para-hydroxylation sites is 1. The molecule has 0 aliphatic heterocycles. The van der Waals surface area contributed by atoms with E-state index in [1.165, 1.54) is 89.1 Å². The van der Waals surface area contributed by atoms with Crippen LogP contribution in [0.2, 0.25) is 0 Å². The van der Waals surface area contributed by atoms with Gasteiger partial charge in [0.2, 0.25) is 0 Å². The fraction of sp³-hybridized carbons (Fsp3) is 0.132. The molecule has 0 fully saturated rings. The molecule has 0 amide bonds. The molecule has 1 atom stereocenters. The molecule has 0 saturated heterocycles. The number of fused-ring (bicyclic) bond motifs is 6. The lowest BCUT2D eigenvalue weighted by Crippen LogP contribution is -2.23. The zero-order chi connectivity index (χ0) is 37.1. The topological polar surface area (TPSA) is 8.17 Å². The molecule has 2 nitrogen and oxygen atoms in total. The number of allylic oxidation sites excluding steroid dienone is 4. The second-order valence-electron chi connectivity index (χ2n) is 15.9. The number of hydrogen-bond donors (Lipinski definition) is 0. The van der Waals surface area contributed by atoms with Crippen LogP contribution in [0.1, 0.15) is 49.4 Å². The van der Waals surface area contributed by atoms with Gasteiger partial charge in [-0.1, -0.05) is 142 Å². The van der Waals surface area contributed by atoms with Gasteiger partial charge in [-0.3, -0.25) is 0 Å². The van der Waals surface area contributed by atoms with Crippen LogP contribution < -0.4 is 4.90 Å². The second-order valence-corrected chi connectivity index (χ2v) is 15.9. The van der Waals surface area contributed by atoms with Crippen LogP contribution in [0.4, 0.5) is 11.4 Å². The fourth-order valence-electron chi connectivity index (χ4n) is 9.14. The van der Waals surface area contributed by atoms with Crippen LogP contribution in [-0.4, -0.2) is 4.57 Å². The van der Waals surface area contributed by atoms with Gasteiger partial charge in [0.05, 0.1) is 11.0 Å². The Bertz CT molecular complexity index is 2780. The van der Waals surface area contributed by atoms with E-state index in [4.69, 9.17) is 0 Å². The summed E-state index contributed by atoms with van der Waals surface area (Å²) >= 11 is 0. The molecular weight excluding hydrogens is 665 g/mol. The van der Waals surface area contributed by atoms with E-state index in [1.807, 2.05) is 0 Å². The lowest BCUT2D eigenvalue weighted by atomic mass is 9.82. The molecule has 266 valence electrons. The van der Waals surface area contributed by atoms with Crippen LogP contribution in [-0.2, 0) is 11.8 Å². The molecule has 2 aliphatic rings. The Morgan fingerprint density at radius 1 is 0.582 bits per heavy atom. The van der Waals surface area contributed by atoms with Crippen molar-refractivity contribution in [3.05, 3.63) is 210 Å². The number of aromatic nitrogens is 1. The van der Waals surface area contributed by atoms with Crippen LogP contribution in [0.5, 0.6) is 0 Å². The summed E-state index contributed by atoms with van der Waals surface area (Å²) in [7, 11) is 0. The molecular formula is C53H44N2. The molecule has 0 spiro atoms. The average molecular weight is 709 g/mol. The molecule has 2 heteroatoms. The second kappa shape index (κ2) is 13.2. The first kappa shape index (κ1) is 33.2. The number of rotatable bonds is 7. The highest BCUT2D eigenvalue weighted by Gasteiger charge is 2.36. The van der Waals surface area contributed by atoms with E-state index in [0.29, 0.717) is 5.92 Å². The van der Waals surface area contributed by atoms with Crippen LogP contribution in [0.15, 0.2) is 188 Å².